The molecular weight excluding hydrogens is 230 g/mol. The highest BCUT2D eigenvalue weighted by molar-refractivity contribution is 5.85. The van der Waals surface area contributed by atoms with Gasteiger partial charge in [0.2, 0.25) is 0 Å². The largest absolute Gasteiger partial charge is 0.312 e. The summed E-state index contributed by atoms with van der Waals surface area (Å²) in [4.78, 5) is 0. The molecule has 0 unspecified atom stereocenters. The molecule has 0 spiro atoms. The van der Waals surface area contributed by atoms with Crippen molar-refractivity contribution in [1.29, 1.82) is 0 Å². The zero-order valence-corrected chi connectivity index (χ0v) is 11.3. The first kappa shape index (κ1) is 14.0. The molecule has 0 heterocycles. The summed E-state index contributed by atoms with van der Waals surface area (Å²) in [6, 6.07) is 15.1. The maximum Gasteiger partial charge on any atom is 0.0211 e. The van der Waals surface area contributed by atoms with Crippen LogP contribution in [0.1, 0.15) is 19.4 Å². The second-order valence-corrected chi connectivity index (χ2v) is 4.66. The number of hydrogen-bond donors (Lipinski definition) is 1. The van der Waals surface area contributed by atoms with Crippen LogP contribution in [0.5, 0.6) is 0 Å². The molecular formula is C15H20ClN. The summed E-state index contributed by atoms with van der Waals surface area (Å²) in [5.74, 6) is 0.704. The molecule has 0 bridgehead atoms. The molecule has 0 aliphatic carbocycles. The van der Waals surface area contributed by atoms with Gasteiger partial charge < -0.3 is 5.32 Å². The molecule has 0 aliphatic heterocycles. The highest BCUT2D eigenvalue weighted by Crippen LogP contribution is 2.18. The zero-order chi connectivity index (χ0) is 11.4. The van der Waals surface area contributed by atoms with E-state index in [2.05, 4.69) is 61.6 Å². The standard InChI is InChI=1S/C15H19N.ClH/c1-12(2)10-16-11-14-8-5-7-13-6-3-4-9-15(13)14;/h3-9,12,16H,10-11H2,1-2H3;1H. The minimum Gasteiger partial charge on any atom is -0.312 e. The number of nitrogens with one attached hydrogen (secondary N) is 1. The number of benzene rings is 2. The van der Waals surface area contributed by atoms with Crippen LogP contribution in [0.2, 0.25) is 0 Å². The first-order valence-corrected chi connectivity index (χ1v) is 5.94. The normalized spacial score (nSPS) is 10.5. The van der Waals surface area contributed by atoms with E-state index in [0.29, 0.717) is 5.92 Å². The fourth-order valence-corrected chi connectivity index (χ4v) is 1.94. The molecule has 92 valence electrons. The lowest BCUT2D eigenvalue weighted by molar-refractivity contribution is 0.553. The topological polar surface area (TPSA) is 12.0 Å². The lowest BCUT2D eigenvalue weighted by atomic mass is 10.0. The van der Waals surface area contributed by atoms with Crippen molar-refractivity contribution in [2.75, 3.05) is 6.54 Å². The van der Waals surface area contributed by atoms with Crippen LogP contribution in [-0.2, 0) is 6.54 Å². The number of rotatable bonds is 4. The third-order valence-corrected chi connectivity index (χ3v) is 2.75. The molecule has 2 aromatic rings. The Morgan fingerprint density at radius 3 is 2.47 bits per heavy atom. The fourth-order valence-electron chi connectivity index (χ4n) is 1.94. The summed E-state index contributed by atoms with van der Waals surface area (Å²) in [6.45, 7) is 6.49. The van der Waals surface area contributed by atoms with Crippen molar-refractivity contribution in [1.82, 2.24) is 5.32 Å². The van der Waals surface area contributed by atoms with E-state index in [9.17, 15) is 0 Å². The van der Waals surface area contributed by atoms with Gasteiger partial charge in [-0.3, -0.25) is 0 Å². The van der Waals surface area contributed by atoms with Crippen LogP contribution in [0.3, 0.4) is 0 Å². The van der Waals surface area contributed by atoms with E-state index < -0.39 is 0 Å². The third-order valence-electron chi connectivity index (χ3n) is 2.75. The van der Waals surface area contributed by atoms with Crippen molar-refractivity contribution in [3.63, 3.8) is 0 Å². The van der Waals surface area contributed by atoms with Crippen molar-refractivity contribution in [3.05, 3.63) is 48.0 Å². The second kappa shape index (κ2) is 6.63. The predicted octanol–water partition coefficient (Wildman–Crippen LogP) is 4.01. The molecule has 0 radical (unpaired) electrons. The van der Waals surface area contributed by atoms with Crippen LogP contribution in [0, 0.1) is 5.92 Å². The lowest BCUT2D eigenvalue weighted by Gasteiger charge is -2.09. The van der Waals surface area contributed by atoms with E-state index in [1.54, 1.807) is 0 Å². The molecule has 0 aromatic heterocycles. The number of fused-ring (bicyclic) bond motifs is 1. The maximum absolute atomic E-state index is 3.49. The number of hydrogen-bond acceptors (Lipinski definition) is 1. The molecule has 0 fully saturated rings. The lowest BCUT2D eigenvalue weighted by Crippen LogP contribution is -2.19. The molecule has 1 N–H and O–H groups in total. The van der Waals surface area contributed by atoms with Gasteiger partial charge in [-0.25, -0.2) is 0 Å². The van der Waals surface area contributed by atoms with Gasteiger partial charge in [-0.05, 0) is 28.8 Å². The Morgan fingerprint density at radius 1 is 1.00 bits per heavy atom. The molecule has 2 rings (SSSR count). The van der Waals surface area contributed by atoms with Crippen LogP contribution in [0.4, 0.5) is 0 Å². The molecule has 2 heteroatoms. The Balaban J connectivity index is 0.00000144. The quantitative estimate of drug-likeness (QED) is 0.864. The van der Waals surface area contributed by atoms with E-state index in [1.165, 1.54) is 16.3 Å². The van der Waals surface area contributed by atoms with Crippen molar-refractivity contribution in [3.8, 4) is 0 Å². The number of halogens is 1. The van der Waals surface area contributed by atoms with E-state index in [1.807, 2.05) is 0 Å². The summed E-state index contributed by atoms with van der Waals surface area (Å²) in [7, 11) is 0. The van der Waals surface area contributed by atoms with Gasteiger partial charge in [-0.15, -0.1) is 12.4 Å². The summed E-state index contributed by atoms with van der Waals surface area (Å²) >= 11 is 0. The monoisotopic (exact) mass is 249 g/mol. The van der Waals surface area contributed by atoms with Gasteiger partial charge in [-0.1, -0.05) is 56.3 Å². The van der Waals surface area contributed by atoms with E-state index >= 15 is 0 Å². The zero-order valence-electron chi connectivity index (χ0n) is 10.4. The van der Waals surface area contributed by atoms with Gasteiger partial charge in [0.15, 0.2) is 0 Å². The van der Waals surface area contributed by atoms with Crippen LogP contribution < -0.4 is 5.32 Å². The molecule has 2 aromatic carbocycles. The third kappa shape index (κ3) is 3.72. The van der Waals surface area contributed by atoms with Gasteiger partial charge in [-0.2, -0.15) is 0 Å². The minimum absolute atomic E-state index is 0. The Bertz CT molecular complexity index is 460. The summed E-state index contributed by atoms with van der Waals surface area (Å²) in [5, 5.41) is 6.18. The van der Waals surface area contributed by atoms with Crippen LogP contribution in [0.25, 0.3) is 10.8 Å². The Morgan fingerprint density at radius 2 is 1.71 bits per heavy atom. The van der Waals surface area contributed by atoms with Gasteiger partial charge in [0.25, 0.3) is 0 Å². The summed E-state index contributed by atoms with van der Waals surface area (Å²) in [5.41, 5.74) is 1.39. The van der Waals surface area contributed by atoms with Crippen LogP contribution in [0.15, 0.2) is 42.5 Å². The molecule has 0 amide bonds. The SMILES string of the molecule is CC(C)CNCc1cccc2ccccc12.Cl. The van der Waals surface area contributed by atoms with Crippen LogP contribution >= 0.6 is 12.4 Å². The first-order chi connectivity index (χ1) is 7.77. The highest BCUT2D eigenvalue weighted by atomic mass is 35.5. The van der Waals surface area contributed by atoms with Gasteiger partial charge in [0.05, 0.1) is 0 Å². The van der Waals surface area contributed by atoms with Crippen molar-refractivity contribution >= 4 is 23.2 Å². The Kier molecular flexibility index (Phi) is 5.46. The smallest absolute Gasteiger partial charge is 0.0211 e. The van der Waals surface area contributed by atoms with Crippen molar-refractivity contribution in [2.24, 2.45) is 5.92 Å². The molecule has 0 aliphatic rings. The van der Waals surface area contributed by atoms with E-state index in [-0.39, 0.29) is 12.4 Å². The van der Waals surface area contributed by atoms with Gasteiger partial charge in [0.1, 0.15) is 0 Å². The first-order valence-electron chi connectivity index (χ1n) is 5.94. The van der Waals surface area contributed by atoms with E-state index in [0.717, 1.165) is 13.1 Å². The molecule has 17 heavy (non-hydrogen) atoms. The average molecular weight is 250 g/mol. The van der Waals surface area contributed by atoms with Crippen molar-refractivity contribution < 1.29 is 0 Å². The maximum atomic E-state index is 3.49. The second-order valence-electron chi connectivity index (χ2n) is 4.66. The predicted molar refractivity (Wildman–Crippen MR) is 77.7 cm³/mol. The highest BCUT2D eigenvalue weighted by Gasteiger charge is 2.00. The fraction of sp³-hybridized carbons (Fsp3) is 0.333. The van der Waals surface area contributed by atoms with Crippen LogP contribution in [-0.4, -0.2) is 6.54 Å². The Hall–Kier alpha value is -1.05. The average Bonchev–Trinajstić information content (AvgIpc) is 2.29. The van der Waals surface area contributed by atoms with E-state index in [4.69, 9.17) is 0 Å². The molecule has 0 saturated heterocycles. The summed E-state index contributed by atoms with van der Waals surface area (Å²) in [6.07, 6.45) is 0. The van der Waals surface area contributed by atoms with Gasteiger partial charge in [0, 0.05) is 6.54 Å². The minimum atomic E-state index is 0. The molecule has 0 atom stereocenters. The Labute approximate surface area is 110 Å². The summed E-state index contributed by atoms with van der Waals surface area (Å²) < 4.78 is 0. The molecule has 0 saturated carbocycles. The van der Waals surface area contributed by atoms with Crippen molar-refractivity contribution in [2.45, 2.75) is 20.4 Å². The van der Waals surface area contributed by atoms with Gasteiger partial charge >= 0.3 is 0 Å². The molecule has 1 nitrogen and oxygen atoms in total.